The minimum absolute atomic E-state index is 0.586. The maximum Gasteiger partial charge on any atom is 0.210 e. The van der Waals surface area contributed by atoms with Crippen molar-refractivity contribution in [3.63, 3.8) is 0 Å². The molecule has 1 aromatic heterocycles. The van der Waals surface area contributed by atoms with Gasteiger partial charge >= 0.3 is 0 Å². The first-order valence-electron chi connectivity index (χ1n) is 9.62. The SMILES string of the molecule is COc1ccc(OCCSc2nnc(Nc3ccc(Oc4ccccc4)cc3)s2)cc1. The molecule has 0 aliphatic rings. The van der Waals surface area contributed by atoms with Gasteiger partial charge in [-0.05, 0) is 60.7 Å². The molecule has 6 nitrogen and oxygen atoms in total. The Morgan fingerprint density at radius 2 is 1.48 bits per heavy atom. The first-order chi connectivity index (χ1) is 15.3. The smallest absolute Gasteiger partial charge is 0.210 e. The first-order valence-corrected chi connectivity index (χ1v) is 11.4. The monoisotopic (exact) mass is 451 g/mol. The molecule has 4 rings (SSSR count). The zero-order valence-corrected chi connectivity index (χ0v) is 18.5. The van der Waals surface area contributed by atoms with E-state index in [2.05, 4.69) is 15.5 Å². The number of thioether (sulfide) groups is 1. The van der Waals surface area contributed by atoms with Gasteiger partial charge in [-0.2, -0.15) is 0 Å². The average Bonchev–Trinajstić information content (AvgIpc) is 3.26. The standard InChI is InChI=1S/C23H21N3O3S2/c1-27-18-11-13-19(14-12-18)28-15-16-30-23-26-25-22(31-23)24-17-7-9-21(10-8-17)29-20-5-3-2-4-6-20/h2-14H,15-16H2,1H3,(H,24,25). The minimum Gasteiger partial charge on any atom is -0.497 e. The van der Waals surface area contributed by atoms with E-state index in [0.717, 1.165) is 43.9 Å². The minimum atomic E-state index is 0.586. The van der Waals surface area contributed by atoms with Gasteiger partial charge in [0.2, 0.25) is 5.13 Å². The van der Waals surface area contributed by atoms with Gasteiger partial charge in [0.15, 0.2) is 4.34 Å². The molecule has 0 spiro atoms. The highest BCUT2D eigenvalue weighted by molar-refractivity contribution is 8.01. The molecule has 0 saturated carbocycles. The summed E-state index contributed by atoms with van der Waals surface area (Å²) in [6.07, 6.45) is 0. The Morgan fingerprint density at radius 1 is 0.806 bits per heavy atom. The van der Waals surface area contributed by atoms with E-state index in [1.54, 1.807) is 18.9 Å². The molecule has 1 heterocycles. The number of ether oxygens (including phenoxy) is 3. The Bertz CT molecular complexity index is 1070. The lowest BCUT2D eigenvalue weighted by Gasteiger charge is -2.07. The van der Waals surface area contributed by atoms with Crippen LogP contribution in [0.15, 0.2) is 83.2 Å². The Balaban J connectivity index is 1.22. The van der Waals surface area contributed by atoms with Crippen molar-refractivity contribution in [2.24, 2.45) is 0 Å². The fraction of sp³-hybridized carbons (Fsp3) is 0.130. The molecule has 0 bridgehead atoms. The van der Waals surface area contributed by atoms with Gasteiger partial charge in [-0.25, -0.2) is 0 Å². The number of anilines is 2. The van der Waals surface area contributed by atoms with Gasteiger partial charge < -0.3 is 19.5 Å². The molecule has 0 aliphatic carbocycles. The number of benzene rings is 3. The van der Waals surface area contributed by atoms with Gasteiger partial charge in [0.05, 0.1) is 13.7 Å². The molecule has 0 aliphatic heterocycles. The molecule has 0 saturated heterocycles. The summed E-state index contributed by atoms with van der Waals surface area (Å²) in [5.74, 6) is 4.01. The molecule has 158 valence electrons. The lowest BCUT2D eigenvalue weighted by Crippen LogP contribution is -1.99. The largest absolute Gasteiger partial charge is 0.497 e. The van der Waals surface area contributed by atoms with Crippen LogP contribution in [-0.2, 0) is 0 Å². The fourth-order valence-electron chi connectivity index (χ4n) is 2.63. The van der Waals surface area contributed by atoms with Gasteiger partial charge in [0.1, 0.15) is 23.0 Å². The molecule has 8 heteroatoms. The van der Waals surface area contributed by atoms with Crippen molar-refractivity contribution >= 4 is 33.9 Å². The van der Waals surface area contributed by atoms with Crippen molar-refractivity contribution in [2.75, 3.05) is 24.8 Å². The van der Waals surface area contributed by atoms with E-state index >= 15 is 0 Å². The summed E-state index contributed by atoms with van der Waals surface area (Å²) < 4.78 is 17.6. The van der Waals surface area contributed by atoms with Crippen molar-refractivity contribution in [1.82, 2.24) is 10.2 Å². The van der Waals surface area contributed by atoms with Crippen LogP contribution in [0.3, 0.4) is 0 Å². The van der Waals surface area contributed by atoms with Gasteiger partial charge in [0.25, 0.3) is 0 Å². The third kappa shape index (κ3) is 6.37. The Hall–Kier alpha value is -3.23. The maximum atomic E-state index is 5.81. The van der Waals surface area contributed by atoms with Crippen LogP contribution in [0, 0.1) is 0 Å². The Labute approximate surface area is 189 Å². The summed E-state index contributed by atoms with van der Waals surface area (Å²) >= 11 is 3.13. The predicted molar refractivity (Wildman–Crippen MR) is 125 cm³/mol. The van der Waals surface area contributed by atoms with Crippen molar-refractivity contribution in [2.45, 2.75) is 4.34 Å². The van der Waals surface area contributed by atoms with Crippen LogP contribution < -0.4 is 19.5 Å². The highest BCUT2D eigenvalue weighted by Gasteiger charge is 2.06. The summed E-state index contributed by atoms with van der Waals surface area (Å²) in [6.45, 7) is 0.586. The van der Waals surface area contributed by atoms with Gasteiger partial charge in [-0.3, -0.25) is 0 Å². The second-order valence-electron chi connectivity index (χ2n) is 6.31. The molecular formula is C23H21N3O3S2. The Morgan fingerprint density at radius 3 is 2.23 bits per heavy atom. The van der Waals surface area contributed by atoms with Crippen molar-refractivity contribution in [1.29, 1.82) is 0 Å². The number of nitrogens with one attached hydrogen (secondary N) is 1. The number of rotatable bonds is 10. The summed E-state index contributed by atoms with van der Waals surface area (Å²) in [6, 6.07) is 25.0. The molecule has 0 radical (unpaired) electrons. The highest BCUT2D eigenvalue weighted by Crippen LogP contribution is 2.29. The van der Waals surface area contributed by atoms with E-state index in [1.165, 1.54) is 11.3 Å². The van der Waals surface area contributed by atoms with Crippen LogP contribution in [0.5, 0.6) is 23.0 Å². The number of hydrogen-bond donors (Lipinski definition) is 1. The van der Waals surface area contributed by atoms with E-state index in [1.807, 2.05) is 78.9 Å². The lowest BCUT2D eigenvalue weighted by atomic mass is 10.3. The summed E-state index contributed by atoms with van der Waals surface area (Å²) in [4.78, 5) is 0. The quantitative estimate of drug-likeness (QED) is 0.226. The van der Waals surface area contributed by atoms with Gasteiger partial charge in [-0.1, -0.05) is 41.3 Å². The Kier molecular flexibility index (Phi) is 7.25. The predicted octanol–water partition coefficient (Wildman–Crippen LogP) is 6.25. The van der Waals surface area contributed by atoms with Crippen LogP contribution in [0.2, 0.25) is 0 Å². The van der Waals surface area contributed by atoms with Crippen molar-refractivity contribution in [3.05, 3.63) is 78.9 Å². The number of nitrogens with zero attached hydrogens (tertiary/aromatic N) is 2. The maximum absolute atomic E-state index is 5.81. The molecule has 0 amide bonds. The molecular weight excluding hydrogens is 430 g/mol. The van der Waals surface area contributed by atoms with Gasteiger partial charge in [-0.15, -0.1) is 10.2 Å². The zero-order chi connectivity index (χ0) is 21.3. The van der Waals surface area contributed by atoms with E-state index in [-0.39, 0.29) is 0 Å². The highest BCUT2D eigenvalue weighted by atomic mass is 32.2. The van der Waals surface area contributed by atoms with Crippen molar-refractivity contribution < 1.29 is 14.2 Å². The van der Waals surface area contributed by atoms with Gasteiger partial charge in [0, 0.05) is 11.4 Å². The van der Waals surface area contributed by atoms with Crippen LogP contribution in [0.4, 0.5) is 10.8 Å². The number of para-hydroxylation sites is 1. The molecule has 0 unspecified atom stereocenters. The number of methoxy groups -OCH3 is 1. The van der Waals surface area contributed by atoms with Crippen molar-refractivity contribution in [3.8, 4) is 23.0 Å². The van der Waals surface area contributed by atoms with Crippen LogP contribution in [0.1, 0.15) is 0 Å². The topological polar surface area (TPSA) is 65.5 Å². The molecule has 1 N–H and O–H groups in total. The third-order valence-corrected chi connectivity index (χ3v) is 6.06. The van der Waals surface area contributed by atoms with E-state index in [4.69, 9.17) is 14.2 Å². The van der Waals surface area contributed by atoms with Crippen LogP contribution >= 0.6 is 23.1 Å². The summed E-state index contributed by atoms with van der Waals surface area (Å²) in [7, 11) is 1.65. The second-order valence-corrected chi connectivity index (χ2v) is 8.63. The zero-order valence-electron chi connectivity index (χ0n) is 16.9. The molecule has 0 atom stereocenters. The normalized spacial score (nSPS) is 10.5. The average molecular weight is 452 g/mol. The van der Waals surface area contributed by atoms with E-state index in [9.17, 15) is 0 Å². The van der Waals surface area contributed by atoms with E-state index in [0.29, 0.717) is 6.61 Å². The summed E-state index contributed by atoms with van der Waals surface area (Å²) in [5.41, 5.74) is 0.927. The number of hydrogen-bond acceptors (Lipinski definition) is 8. The van der Waals surface area contributed by atoms with Crippen LogP contribution in [-0.4, -0.2) is 29.7 Å². The number of aromatic nitrogens is 2. The van der Waals surface area contributed by atoms with E-state index < -0.39 is 0 Å². The first kappa shape index (κ1) is 21.0. The molecule has 0 fully saturated rings. The molecule has 3 aromatic carbocycles. The fourth-order valence-corrected chi connectivity index (χ4v) is 4.29. The molecule has 4 aromatic rings. The second kappa shape index (κ2) is 10.7. The lowest BCUT2D eigenvalue weighted by molar-refractivity contribution is 0.342. The summed E-state index contributed by atoms with van der Waals surface area (Å²) in [5, 5.41) is 12.5. The third-order valence-electron chi connectivity index (χ3n) is 4.13. The molecule has 31 heavy (non-hydrogen) atoms. The van der Waals surface area contributed by atoms with Crippen LogP contribution in [0.25, 0.3) is 0 Å².